The number of benzene rings is 1. The van der Waals surface area contributed by atoms with Gasteiger partial charge >= 0.3 is 0 Å². The molecule has 2 aliphatic rings. The summed E-state index contributed by atoms with van der Waals surface area (Å²) in [6, 6.07) is 8.54. The molecule has 1 aromatic heterocycles. The Morgan fingerprint density at radius 3 is 2.72 bits per heavy atom. The Bertz CT molecular complexity index is 776. The van der Waals surface area contributed by atoms with Gasteiger partial charge in [-0.2, -0.15) is 0 Å². The third-order valence-electron chi connectivity index (χ3n) is 5.45. The predicted molar refractivity (Wildman–Crippen MR) is 91.6 cm³/mol. The summed E-state index contributed by atoms with van der Waals surface area (Å²) in [6.45, 7) is 1.83. The number of hydrogen-bond donors (Lipinski definition) is 0. The molecule has 0 aliphatic carbocycles. The van der Waals surface area contributed by atoms with Gasteiger partial charge in [-0.1, -0.05) is 17.3 Å². The van der Waals surface area contributed by atoms with Gasteiger partial charge in [-0.25, -0.2) is 4.39 Å². The average molecular weight is 343 g/mol. The topological polar surface area (TPSA) is 49.6 Å². The second-order valence-electron chi connectivity index (χ2n) is 6.95. The molecule has 0 radical (unpaired) electrons. The fraction of sp³-hybridized carbons (Fsp3) is 0.474. The molecular weight excluding hydrogens is 321 g/mol. The lowest BCUT2D eigenvalue weighted by Gasteiger charge is -2.32. The van der Waals surface area contributed by atoms with Crippen molar-refractivity contribution in [2.75, 3.05) is 20.1 Å². The summed E-state index contributed by atoms with van der Waals surface area (Å²) in [6.07, 6.45) is 4.35. The Balaban J connectivity index is 1.56. The van der Waals surface area contributed by atoms with E-state index in [1.165, 1.54) is 12.5 Å². The van der Waals surface area contributed by atoms with Crippen molar-refractivity contribution in [3.8, 4) is 11.3 Å². The van der Waals surface area contributed by atoms with Crippen LogP contribution in [0.2, 0.25) is 0 Å². The Morgan fingerprint density at radius 2 is 1.96 bits per heavy atom. The van der Waals surface area contributed by atoms with Crippen molar-refractivity contribution in [3.63, 3.8) is 0 Å². The minimum Gasteiger partial charge on any atom is -0.355 e. The van der Waals surface area contributed by atoms with Gasteiger partial charge in [-0.3, -0.25) is 4.79 Å². The molecule has 132 valence electrons. The van der Waals surface area contributed by atoms with E-state index in [4.69, 9.17) is 4.52 Å². The number of amides is 1. The van der Waals surface area contributed by atoms with Gasteiger partial charge in [-0.15, -0.1) is 0 Å². The first kappa shape index (κ1) is 16.3. The minimum absolute atomic E-state index is 0.117. The third-order valence-corrected chi connectivity index (χ3v) is 5.45. The van der Waals surface area contributed by atoms with Crippen LogP contribution in [0.4, 0.5) is 4.39 Å². The SMILES string of the molecule is CN1CCC[C@@H]1[C@@H]1CCCN1C(=O)c1cc(-c2ccccc2F)on1. The largest absolute Gasteiger partial charge is 0.355 e. The van der Waals surface area contributed by atoms with Crippen LogP contribution in [0.3, 0.4) is 0 Å². The quantitative estimate of drug-likeness (QED) is 0.859. The molecule has 6 heteroatoms. The molecule has 2 fully saturated rings. The lowest BCUT2D eigenvalue weighted by Crippen LogP contribution is -2.47. The molecule has 2 aliphatic heterocycles. The van der Waals surface area contributed by atoms with Gasteiger partial charge in [-0.05, 0) is 51.4 Å². The van der Waals surface area contributed by atoms with Gasteiger partial charge in [0.25, 0.3) is 5.91 Å². The molecule has 2 saturated heterocycles. The second-order valence-corrected chi connectivity index (χ2v) is 6.95. The highest BCUT2D eigenvalue weighted by Gasteiger charge is 2.39. The highest BCUT2D eigenvalue weighted by atomic mass is 19.1. The zero-order chi connectivity index (χ0) is 17.4. The molecule has 0 N–H and O–H groups in total. The Labute approximate surface area is 146 Å². The molecule has 2 atom stereocenters. The van der Waals surface area contributed by atoms with Crippen molar-refractivity contribution in [2.24, 2.45) is 0 Å². The van der Waals surface area contributed by atoms with Crippen molar-refractivity contribution < 1.29 is 13.7 Å². The van der Waals surface area contributed by atoms with Crippen LogP contribution in [0.15, 0.2) is 34.9 Å². The summed E-state index contributed by atoms with van der Waals surface area (Å²) in [7, 11) is 2.13. The van der Waals surface area contributed by atoms with Gasteiger partial charge in [0.1, 0.15) is 5.82 Å². The average Bonchev–Trinajstić information content (AvgIpc) is 3.34. The Kier molecular flexibility index (Phi) is 4.29. The molecule has 2 aromatic rings. The lowest BCUT2D eigenvalue weighted by molar-refractivity contribution is 0.0654. The number of carbonyl (C=O) groups excluding carboxylic acids is 1. The molecule has 1 aromatic carbocycles. The fourth-order valence-corrected chi connectivity index (χ4v) is 4.18. The predicted octanol–water partition coefficient (Wildman–Crippen LogP) is 3.18. The maximum Gasteiger partial charge on any atom is 0.276 e. The maximum atomic E-state index is 13.9. The standard InChI is InChI=1S/C19H22FN3O2/c1-22-10-4-8-16(22)17-9-5-11-23(17)19(24)15-12-18(25-21-15)13-6-2-3-7-14(13)20/h2-3,6-7,12,16-17H,4-5,8-11H2,1H3/t16-,17+/m1/s1. The number of aromatic nitrogens is 1. The fourth-order valence-electron chi connectivity index (χ4n) is 4.18. The van der Waals surface area contributed by atoms with Crippen LogP contribution in [0.5, 0.6) is 0 Å². The zero-order valence-corrected chi connectivity index (χ0v) is 14.3. The molecule has 0 spiro atoms. The van der Waals surface area contributed by atoms with E-state index in [0.717, 1.165) is 32.4 Å². The highest BCUT2D eigenvalue weighted by molar-refractivity contribution is 5.93. The summed E-state index contributed by atoms with van der Waals surface area (Å²) in [5.74, 6) is -0.214. The molecule has 25 heavy (non-hydrogen) atoms. The number of nitrogens with zero attached hydrogens (tertiary/aromatic N) is 3. The van der Waals surface area contributed by atoms with Crippen LogP contribution in [-0.2, 0) is 0 Å². The number of carbonyl (C=O) groups is 1. The van der Waals surface area contributed by atoms with Crippen LogP contribution in [0, 0.1) is 5.82 Å². The minimum atomic E-state index is -0.385. The number of hydrogen-bond acceptors (Lipinski definition) is 4. The van der Waals surface area contributed by atoms with E-state index in [1.54, 1.807) is 24.3 Å². The van der Waals surface area contributed by atoms with Gasteiger partial charge in [0.05, 0.1) is 5.56 Å². The van der Waals surface area contributed by atoms with Gasteiger partial charge in [0, 0.05) is 24.7 Å². The Hall–Kier alpha value is -2.21. The monoisotopic (exact) mass is 343 g/mol. The van der Waals surface area contributed by atoms with Crippen LogP contribution < -0.4 is 0 Å². The second kappa shape index (κ2) is 6.59. The summed E-state index contributed by atoms with van der Waals surface area (Å²) in [5.41, 5.74) is 0.577. The number of rotatable bonds is 3. The highest BCUT2D eigenvalue weighted by Crippen LogP contribution is 2.31. The summed E-state index contributed by atoms with van der Waals surface area (Å²) in [4.78, 5) is 17.2. The normalized spacial score (nSPS) is 24.2. The first-order valence-corrected chi connectivity index (χ1v) is 8.88. The molecule has 4 rings (SSSR count). The lowest BCUT2D eigenvalue weighted by atomic mass is 10.0. The maximum absolute atomic E-state index is 13.9. The molecule has 0 unspecified atom stereocenters. The molecular formula is C19H22FN3O2. The van der Waals surface area contributed by atoms with E-state index in [0.29, 0.717) is 11.6 Å². The van der Waals surface area contributed by atoms with Crippen molar-refractivity contribution in [3.05, 3.63) is 41.8 Å². The van der Waals surface area contributed by atoms with Gasteiger partial charge in [0.2, 0.25) is 0 Å². The van der Waals surface area contributed by atoms with Crippen LogP contribution in [-0.4, -0.2) is 53.1 Å². The van der Waals surface area contributed by atoms with Gasteiger partial charge in [0.15, 0.2) is 11.5 Å². The number of likely N-dealkylation sites (tertiary alicyclic amines) is 2. The number of halogens is 1. The summed E-state index contributed by atoms with van der Waals surface area (Å²) in [5, 5.41) is 3.91. The summed E-state index contributed by atoms with van der Waals surface area (Å²) < 4.78 is 19.2. The van der Waals surface area contributed by atoms with Crippen molar-refractivity contribution in [2.45, 2.75) is 37.8 Å². The number of likely N-dealkylation sites (N-methyl/N-ethyl adjacent to an activating group) is 1. The first-order chi connectivity index (χ1) is 12.1. The smallest absolute Gasteiger partial charge is 0.276 e. The van der Waals surface area contributed by atoms with Gasteiger partial charge < -0.3 is 14.3 Å². The van der Waals surface area contributed by atoms with E-state index < -0.39 is 0 Å². The van der Waals surface area contributed by atoms with Crippen molar-refractivity contribution >= 4 is 5.91 Å². The van der Waals surface area contributed by atoms with Crippen LogP contribution in [0.25, 0.3) is 11.3 Å². The summed E-state index contributed by atoms with van der Waals surface area (Å²) >= 11 is 0. The van der Waals surface area contributed by atoms with E-state index >= 15 is 0 Å². The van der Waals surface area contributed by atoms with E-state index in [-0.39, 0.29) is 29.2 Å². The molecule has 0 saturated carbocycles. The molecule has 5 nitrogen and oxygen atoms in total. The molecule has 0 bridgehead atoms. The van der Waals surface area contributed by atoms with E-state index in [2.05, 4.69) is 17.1 Å². The van der Waals surface area contributed by atoms with E-state index in [1.807, 2.05) is 4.90 Å². The zero-order valence-electron chi connectivity index (χ0n) is 14.3. The molecule has 3 heterocycles. The first-order valence-electron chi connectivity index (χ1n) is 8.88. The third kappa shape index (κ3) is 2.95. The van der Waals surface area contributed by atoms with Crippen molar-refractivity contribution in [1.82, 2.24) is 15.0 Å². The van der Waals surface area contributed by atoms with Crippen LogP contribution in [0.1, 0.15) is 36.2 Å². The molecule has 1 amide bonds. The van der Waals surface area contributed by atoms with Crippen molar-refractivity contribution in [1.29, 1.82) is 0 Å². The van der Waals surface area contributed by atoms with Crippen LogP contribution >= 0.6 is 0 Å². The Morgan fingerprint density at radius 1 is 1.20 bits per heavy atom. The van der Waals surface area contributed by atoms with E-state index in [9.17, 15) is 9.18 Å².